The molecule has 28 heavy (non-hydrogen) atoms. The molecule has 0 bridgehead atoms. The van der Waals surface area contributed by atoms with Gasteiger partial charge in [-0.1, -0.05) is 12.1 Å². The number of alkyl halides is 9. The van der Waals surface area contributed by atoms with Crippen molar-refractivity contribution in [3.8, 4) is 11.5 Å². The van der Waals surface area contributed by atoms with Crippen molar-refractivity contribution >= 4 is 10.1 Å². The molecule has 4 nitrogen and oxygen atoms in total. The van der Waals surface area contributed by atoms with Gasteiger partial charge in [0.05, 0.1) is 7.11 Å². The molecule has 0 aliphatic rings. The third kappa shape index (κ3) is 3.86. The first kappa shape index (κ1) is 23.9. The fourth-order valence-electron chi connectivity index (χ4n) is 1.76. The second-order valence-corrected chi connectivity index (χ2v) is 6.77. The molecular weight excluding hydrogens is 435 g/mol. The Morgan fingerprint density at radius 2 is 1.50 bits per heavy atom. The van der Waals surface area contributed by atoms with Gasteiger partial charge in [0, 0.05) is 0 Å². The molecule has 0 fully saturated rings. The number of ether oxygens (including phenoxy) is 1. The van der Waals surface area contributed by atoms with Crippen LogP contribution in [0.15, 0.2) is 30.9 Å². The minimum atomic E-state index is -7.38. The number of benzene rings is 1. The smallest absolute Gasteiger partial charge is 0.460 e. The largest absolute Gasteiger partial charge is 0.493 e. The molecule has 0 N–H and O–H groups in total. The van der Waals surface area contributed by atoms with Crippen LogP contribution in [0, 0.1) is 0 Å². The molecule has 0 aliphatic carbocycles. The van der Waals surface area contributed by atoms with Gasteiger partial charge in [-0.25, -0.2) is 0 Å². The molecule has 0 aliphatic heterocycles. The molecule has 0 saturated heterocycles. The zero-order valence-corrected chi connectivity index (χ0v) is 14.5. The van der Waals surface area contributed by atoms with Crippen LogP contribution >= 0.6 is 0 Å². The molecule has 1 aromatic rings. The van der Waals surface area contributed by atoms with E-state index in [9.17, 15) is 47.9 Å². The van der Waals surface area contributed by atoms with Crippen molar-refractivity contribution in [1.29, 1.82) is 0 Å². The Morgan fingerprint density at radius 3 is 1.93 bits per heavy atom. The third-order valence-corrected chi connectivity index (χ3v) is 4.52. The van der Waals surface area contributed by atoms with Crippen LogP contribution in [0.3, 0.4) is 0 Å². The first-order valence-electron chi connectivity index (χ1n) is 6.88. The predicted molar refractivity (Wildman–Crippen MR) is 77.3 cm³/mol. The number of allylic oxidation sites excluding steroid dienone is 1. The van der Waals surface area contributed by atoms with Crippen LogP contribution in [0.1, 0.15) is 5.56 Å². The van der Waals surface area contributed by atoms with Gasteiger partial charge in [-0.2, -0.15) is 47.9 Å². The molecule has 1 aromatic carbocycles. The summed E-state index contributed by atoms with van der Waals surface area (Å²) in [5.41, 5.74) is 0.372. The van der Waals surface area contributed by atoms with E-state index in [2.05, 4.69) is 15.5 Å². The van der Waals surface area contributed by atoms with Gasteiger partial charge in [0.2, 0.25) is 0 Å². The summed E-state index contributed by atoms with van der Waals surface area (Å²) in [4.78, 5) is 0. The van der Waals surface area contributed by atoms with Crippen molar-refractivity contribution in [2.45, 2.75) is 29.7 Å². The summed E-state index contributed by atoms with van der Waals surface area (Å²) in [5.74, 6) is -16.5. The number of rotatable bonds is 8. The van der Waals surface area contributed by atoms with Gasteiger partial charge in [-0.15, -0.1) is 6.58 Å². The van der Waals surface area contributed by atoms with Gasteiger partial charge in [-0.05, 0) is 24.1 Å². The van der Waals surface area contributed by atoms with Crippen LogP contribution in [0.5, 0.6) is 11.5 Å². The summed E-state index contributed by atoms with van der Waals surface area (Å²) in [5, 5.41) is -6.95. The van der Waals surface area contributed by atoms with Crippen LogP contribution in [0.25, 0.3) is 0 Å². The Bertz CT molecular complexity index is 832. The van der Waals surface area contributed by atoms with Crippen LogP contribution in [0.4, 0.5) is 39.5 Å². The van der Waals surface area contributed by atoms with Gasteiger partial charge < -0.3 is 8.92 Å². The second kappa shape index (κ2) is 7.37. The molecule has 0 atom stereocenters. The van der Waals surface area contributed by atoms with E-state index >= 15 is 0 Å². The Hall–Kier alpha value is -2.12. The maximum atomic E-state index is 13.6. The molecule has 0 heterocycles. The first-order chi connectivity index (χ1) is 12.5. The van der Waals surface area contributed by atoms with E-state index < -0.39 is 44.9 Å². The van der Waals surface area contributed by atoms with E-state index in [1.807, 2.05) is 0 Å². The summed E-state index contributed by atoms with van der Waals surface area (Å²) in [6, 6.07) is 2.74. The minimum Gasteiger partial charge on any atom is -0.493 e. The van der Waals surface area contributed by atoms with Crippen molar-refractivity contribution in [3.05, 3.63) is 36.4 Å². The lowest BCUT2D eigenvalue weighted by Crippen LogP contribution is -2.63. The summed E-state index contributed by atoms with van der Waals surface area (Å²) in [7, 11) is -6.14. The molecular formula is C14H11F9O4S. The van der Waals surface area contributed by atoms with Crippen LogP contribution in [0.2, 0.25) is 0 Å². The van der Waals surface area contributed by atoms with E-state index in [0.29, 0.717) is 11.6 Å². The fraction of sp³-hybridized carbons (Fsp3) is 0.429. The topological polar surface area (TPSA) is 52.6 Å². The zero-order chi connectivity index (χ0) is 22.2. The normalized spacial score (nSPS) is 13.9. The van der Waals surface area contributed by atoms with E-state index in [1.54, 1.807) is 0 Å². The molecule has 1 rings (SSSR count). The maximum absolute atomic E-state index is 13.6. The highest BCUT2D eigenvalue weighted by atomic mass is 32.2. The summed E-state index contributed by atoms with van der Waals surface area (Å²) in [6.07, 6.45) is -5.62. The quantitative estimate of drug-likeness (QED) is 0.334. The lowest BCUT2D eigenvalue weighted by molar-refractivity contribution is -0.382. The molecule has 0 saturated carbocycles. The van der Waals surface area contributed by atoms with Crippen molar-refractivity contribution in [2.24, 2.45) is 0 Å². The van der Waals surface area contributed by atoms with Gasteiger partial charge in [0.25, 0.3) is 0 Å². The molecule has 0 aromatic heterocycles. The monoisotopic (exact) mass is 446 g/mol. The van der Waals surface area contributed by atoms with Crippen LogP contribution in [-0.4, -0.2) is 38.8 Å². The van der Waals surface area contributed by atoms with E-state index in [0.717, 1.165) is 19.2 Å². The standard InChI is InChI=1S/C14H11F9O4S/c1-3-4-8-5-6-9(10(7-8)26-2)27-28(24,25)14(22,23)12(17,18)11(15,16)13(19,20)21/h3,5-7H,1,4H2,2H3. The Morgan fingerprint density at radius 1 is 0.964 bits per heavy atom. The Labute approximate surface area is 152 Å². The van der Waals surface area contributed by atoms with E-state index in [-0.39, 0.29) is 6.42 Å². The highest BCUT2D eigenvalue weighted by molar-refractivity contribution is 7.88. The lowest BCUT2D eigenvalue weighted by atomic mass is 10.1. The van der Waals surface area contributed by atoms with Gasteiger partial charge in [0.15, 0.2) is 11.5 Å². The summed E-state index contributed by atoms with van der Waals surface area (Å²) in [6.45, 7) is 3.38. The second-order valence-electron chi connectivity index (χ2n) is 5.18. The van der Waals surface area contributed by atoms with Crippen molar-refractivity contribution in [1.82, 2.24) is 0 Å². The molecule has 160 valence electrons. The third-order valence-electron chi connectivity index (χ3n) is 3.24. The van der Waals surface area contributed by atoms with Gasteiger partial charge >= 0.3 is 33.4 Å². The molecule has 0 unspecified atom stereocenters. The summed E-state index contributed by atoms with van der Waals surface area (Å²) < 4.78 is 147. The SMILES string of the molecule is C=CCc1ccc(OS(=O)(=O)C(F)(F)C(F)(F)C(F)(F)C(F)(F)F)c(OC)c1. The van der Waals surface area contributed by atoms with Crippen LogP contribution in [-0.2, 0) is 16.5 Å². The average Bonchev–Trinajstić information content (AvgIpc) is 2.54. The highest BCUT2D eigenvalue weighted by Gasteiger charge is 2.86. The average molecular weight is 446 g/mol. The zero-order valence-electron chi connectivity index (χ0n) is 13.7. The Kier molecular flexibility index (Phi) is 6.29. The van der Waals surface area contributed by atoms with Crippen LogP contribution < -0.4 is 8.92 Å². The maximum Gasteiger partial charge on any atom is 0.460 e. The lowest BCUT2D eigenvalue weighted by Gasteiger charge is -2.32. The van der Waals surface area contributed by atoms with Crippen molar-refractivity contribution < 1.29 is 56.9 Å². The minimum absolute atomic E-state index is 0.176. The number of halogens is 9. The van der Waals surface area contributed by atoms with Crippen molar-refractivity contribution in [3.63, 3.8) is 0 Å². The molecule has 0 spiro atoms. The predicted octanol–water partition coefficient (Wildman–Crippen LogP) is 4.56. The van der Waals surface area contributed by atoms with Crippen molar-refractivity contribution in [2.75, 3.05) is 7.11 Å². The number of hydrogen-bond acceptors (Lipinski definition) is 4. The van der Waals surface area contributed by atoms with E-state index in [1.165, 1.54) is 6.08 Å². The van der Waals surface area contributed by atoms with Gasteiger partial charge in [0.1, 0.15) is 0 Å². The molecule has 14 heteroatoms. The molecule has 0 radical (unpaired) electrons. The number of methoxy groups -OCH3 is 1. The number of hydrogen-bond donors (Lipinski definition) is 0. The first-order valence-corrected chi connectivity index (χ1v) is 8.29. The fourth-order valence-corrected chi connectivity index (χ4v) is 2.68. The summed E-state index contributed by atoms with van der Waals surface area (Å²) >= 11 is 0. The molecule has 0 amide bonds. The van der Waals surface area contributed by atoms with Gasteiger partial charge in [-0.3, -0.25) is 0 Å². The van der Waals surface area contributed by atoms with E-state index in [4.69, 9.17) is 0 Å². The highest BCUT2D eigenvalue weighted by Crippen LogP contribution is 2.55. The Balaban J connectivity index is 3.41.